The Morgan fingerprint density at radius 3 is 2.41 bits per heavy atom. The van der Waals surface area contributed by atoms with Crippen LogP contribution in [0.1, 0.15) is 31.6 Å². The van der Waals surface area contributed by atoms with Crippen LogP contribution in [0.3, 0.4) is 0 Å². The van der Waals surface area contributed by atoms with Crippen LogP contribution < -0.4 is 14.8 Å². The van der Waals surface area contributed by atoms with E-state index in [1.165, 1.54) is 0 Å². The highest BCUT2D eigenvalue weighted by Gasteiger charge is 2.31. The maximum absolute atomic E-state index is 12.4. The van der Waals surface area contributed by atoms with E-state index < -0.39 is 22.1 Å². The number of sulfonamides is 1. The lowest BCUT2D eigenvalue weighted by Gasteiger charge is -2.15. The fraction of sp³-hybridized carbons (Fsp3) is 0.273. The number of H-pyrrole nitrogens is 1. The van der Waals surface area contributed by atoms with Crippen LogP contribution in [0.5, 0.6) is 5.75 Å². The van der Waals surface area contributed by atoms with Crippen molar-refractivity contribution in [3.63, 3.8) is 0 Å². The number of nitrogens with zero attached hydrogens (tertiary/aromatic N) is 1. The molecular formula is C22H23F3N4O4S. The van der Waals surface area contributed by atoms with Gasteiger partial charge in [-0.3, -0.25) is 4.79 Å². The summed E-state index contributed by atoms with van der Waals surface area (Å²) in [5.41, 5.74) is 1.76. The van der Waals surface area contributed by atoms with E-state index in [1.807, 2.05) is 37.3 Å². The summed E-state index contributed by atoms with van der Waals surface area (Å²) in [4.78, 5) is 19.6. The summed E-state index contributed by atoms with van der Waals surface area (Å²) in [6.45, 7) is 1.68. The first-order valence-electron chi connectivity index (χ1n) is 10.3. The molecule has 0 radical (unpaired) electrons. The molecule has 1 heterocycles. The lowest BCUT2D eigenvalue weighted by atomic mass is 10.2. The van der Waals surface area contributed by atoms with Crippen molar-refractivity contribution >= 4 is 15.9 Å². The van der Waals surface area contributed by atoms with Gasteiger partial charge in [-0.05, 0) is 36.2 Å². The van der Waals surface area contributed by atoms with E-state index in [-0.39, 0.29) is 29.8 Å². The van der Waals surface area contributed by atoms with Gasteiger partial charge in [0.25, 0.3) is 0 Å². The Kier molecular flexibility index (Phi) is 7.94. The third kappa shape index (κ3) is 7.06. The highest BCUT2D eigenvalue weighted by molar-refractivity contribution is 7.89. The van der Waals surface area contributed by atoms with Crippen LogP contribution >= 0.6 is 0 Å². The second kappa shape index (κ2) is 10.7. The van der Waals surface area contributed by atoms with Crippen LogP contribution in [-0.2, 0) is 14.8 Å². The molecule has 0 saturated heterocycles. The molecule has 1 unspecified atom stereocenters. The normalized spacial score (nSPS) is 12.8. The Labute approximate surface area is 194 Å². The van der Waals surface area contributed by atoms with Crippen molar-refractivity contribution in [1.29, 1.82) is 0 Å². The van der Waals surface area contributed by atoms with Crippen LogP contribution in [0, 0.1) is 0 Å². The summed E-state index contributed by atoms with van der Waals surface area (Å²) in [5.74, 6) is -0.345. The molecule has 0 aliphatic rings. The molecule has 182 valence electrons. The third-order valence-corrected chi connectivity index (χ3v) is 6.24. The van der Waals surface area contributed by atoms with Crippen LogP contribution in [0.25, 0.3) is 11.3 Å². The van der Waals surface area contributed by atoms with Gasteiger partial charge < -0.3 is 15.0 Å². The Bertz CT molecular complexity index is 1200. The first kappa shape index (κ1) is 25.2. The second-order valence-electron chi connectivity index (χ2n) is 7.24. The van der Waals surface area contributed by atoms with Crippen LogP contribution in [0.2, 0.25) is 0 Å². The van der Waals surface area contributed by atoms with Gasteiger partial charge in [0.1, 0.15) is 11.6 Å². The van der Waals surface area contributed by atoms with E-state index in [0.29, 0.717) is 12.2 Å². The maximum Gasteiger partial charge on any atom is 0.573 e. The van der Waals surface area contributed by atoms with Gasteiger partial charge in [0.05, 0.1) is 22.8 Å². The number of benzene rings is 2. The largest absolute Gasteiger partial charge is 0.573 e. The average Bonchev–Trinajstić information content (AvgIpc) is 3.27. The number of imidazole rings is 1. The zero-order valence-electron chi connectivity index (χ0n) is 18.1. The molecule has 0 aliphatic heterocycles. The van der Waals surface area contributed by atoms with Gasteiger partial charge in [0.2, 0.25) is 15.9 Å². The predicted molar refractivity (Wildman–Crippen MR) is 118 cm³/mol. The fourth-order valence-electron chi connectivity index (χ4n) is 3.11. The highest BCUT2D eigenvalue weighted by atomic mass is 32.2. The van der Waals surface area contributed by atoms with Crippen molar-refractivity contribution in [1.82, 2.24) is 20.0 Å². The number of hydrogen-bond donors (Lipinski definition) is 3. The van der Waals surface area contributed by atoms with E-state index in [1.54, 1.807) is 6.20 Å². The number of rotatable bonds is 10. The van der Waals surface area contributed by atoms with Gasteiger partial charge in [-0.15, -0.1) is 13.2 Å². The lowest BCUT2D eigenvalue weighted by molar-refractivity contribution is -0.274. The molecule has 1 amide bonds. The number of amides is 1. The van der Waals surface area contributed by atoms with Gasteiger partial charge in [-0.2, -0.15) is 0 Å². The summed E-state index contributed by atoms with van der Waals surface area (Å²) in [7, 11) is -4.02. The Morgan fingerprint density at radius 1 is 1.12 bits per heavy atom. The Hall–Kier alpha value is -3.38. The molecule has 0 fully saturated rings. The first-order chi connectivity index (χ1) is 16.1. The standard InChI is InChI=1S/C22H23F3N4O4S/c1-2-18(21-26-14-19(29-21)15-6-4-3-5-7-15)28-20(30)12-13-27-34(31,32)17-10-8-16(9-11-17)33-22(23,24)25/h3-11,14,18,27H,2,12-13H2,1H3,(H,26,29)(H,28,30). The third-order valence-electron chi connectivity index (χ3n) is 4.77. The van der Waals surface area contributed by atoms with Gasteiger partial charge >= 0.3 is 6.36 Å². The Morgan fingerprint density at radius 2 is 1.79 bits per heavy atom. The number of hydrogen-bond acceptors (Lipinski definition) is 5. The molecule has 3 aromatic rings. The molecule has 12 heteroatoms. The molecule has 3 N–H and O–H groups in total. The molecule has 2 aromatic carbocycles. The van der Waals surface area contributed by atoms with Crippen LogP contribution in [-0.4, -0.2) is 37.2 Å². The van der Waals surface area contributed by atoms with Crippen LogP contribution in [0.4, 0.5) is 13.2 Å². The van der Waals surface area contributed by atoms with E-state index in [4.69, 9.17) is 0 Å². The molecule has 0 aliphatic carbocycles. The number of ether oxygens (including phenoxy) is 1. The van der Waals surface area contributed by atoms with Gasteiger partial charge in [0.15, 0.2) is 0 Å². The van der Waals surface area contributed by atoms with Crippen molar-refractivity contribution in [2.45, 2.75) is 37.1 Å². The van der Waals surface area contributed by atoms with Crippen molar-refractivity contribution in [2.75, 3.05) is 6.54 Å². The fourth-order valence-corrected chi connectivity index (χ4v) is 4.14. The SMILES string of the molecule is CCC(NC(=O)CCNS(=O)(=O)c1ccc(OC(F)(F)F)cc1)c1ncc(-c2ccccc2)[nH]1. The molecule has 0 spiro atoms. The summed E-state index contributed by atoms with van der Waals surface area (Å²) >= 11 is 0. The lowest BCUT2D eigenvalue weighted by Crippen LogP contribution is -2.33. The minimum absolute atomic E-state index is 0.142. The number of nitrogens with one attached hydrogen (secondary N) is 3. The molecule has 0 saturated carbocycles. The van der Waals surface area contributed by atoms with Crippen molar-refractivity contribution < 1.29 is 31.1 Å². The topological polar surface area (TPSA) is 113 Å². The number of aromatic amines is 1. The minimum Gasteiger partial charge on any atom is -0.406 e. The van der Waals surface area contributed by atoms with Crippen molar-refractivity contribution in [3.05, 3.63) is 66.6 Å². The van der Waals surface area contributed by atoms with Crippen molar-refractivity contribution in [2.24, 2.45) is 0 Å². The smallest absolute Gasteiger partial charge is 0.406 e. The molecule has 0 bridgehead atoms. The molecular weight excluding hydrogens is 473 g/mol. The average molecular weight is 497 g/mol. The molecule has 3 rings (SSSR count). The van der Waals surface area contributed by atoms with E-state index >= 15 is 0 Å². The monoisotopic (exact) mass is 496 g/mol. The number of carbonyl (C=O) groups is 1. The number of alkyl halides is 3. The molecule has 8 nitrogen and oxygen atoms in total. The first-order valence-corrected chi connectivity index (χ1v) is 11.8. The predicted octanol–water partition coefficient (Wildman–Crippen LogP) is 3.91. The minimum atomic E-state index is -4.87. The zero-order valence-corrected chi connectivity index (χ0v) is 18.9. The summed E-state index contributed by atoms with van der Waals surface area (Å²) in [6.07, 6.45) is -2.78. The van der Waals surface area contributed by atoms with Gasteiger partial charge in [0, 0.05) is 13.0 Å². The summed E-state index contributed by atoms with van der Waals surface area (Å²) in [6, 6.07) is 12.9. The van der Waals surface area contributed by atoms with Crippen molar-refractivity contribution in [3.8, 4) is 17.0 Å². The Balaban J connectivity index is 1.52. The summed E-state index contributed by atoms with van der Waals surface area (Å²) < 4.78 is 67.3. The van der Waals surface area contributed by atoms with Gasteiger partial charge in [-0.1, -0.05) is 37.3 Å². The van der Waals surface area contributed by atoms with Crippen LogP contribution in [0.15, 0.2) is 65.7 Å². The molecule has 1 atom stereocenters. The molecule has 34 heavy (non-hydrogen) atoms. The quantitative estimate of drug-likeness (QED) is 0.394. The second-order valence-corrected chi connectivity index (χ2v) is 9.01. The summed E-state index contributed by atoms with van der Waals surface area (Å²) in [5, 5.41) is 2.81. The number of halogens is 3. The van der Waals surface area contributed by atoms with E-state index in [0.717, 1.165) is 35.5 Å². The zero-order chi connectivity index (χ0) is 24.8. The van der Waals surface area contributed by atoms with Gasteiger partial charge in [-0.25, -0.2) is 18.1 Å². The number of carbonyl (C=O) groups excluding carboxylic acids is 1. The van der Waals surface area contributed by atoms with E-state index in [9.17, 15) is 26.4 Å². The molecule has 1 aromatic heterocycles. The van der Waals surface area contributed by atoms with E-state index in [2.05, 4.69) is 24.7 Å². The maximum atomic E-state index is 12.4. The highest BCUT2D eigenvalue weighted by Crippen LogP contribution is 2.24. The number of aromatic nitrogens is 2.